The monoisotopic (exact) mass is 276 g/mol. The molecular weight excluding hydrogens is 264 g/mol. The maximum atomic E-state index is 12.4. The molecule has 4 aromatic rings. The molecule has 5 heteroatoms. The fourth-order valence-corrected chi connectivity index (χ4v) is 2.59. The van der Waals surface area contributed by atoms with E-state index in [1.54, 1.807) is 0 Å². The molecule has 0 saturated carbocycles. The van der Waals surface area contributed by atoms with Gasteiger partial charge >= 0.3 is 0 Å². The number of hydrogen-bond acceptors (Lipinski definition) is 3. The number of aromatic amines is 1. The summed E-state index contributed by atoms with van der Waals surface area (Å²) in [6.07, 6.45) is 1.89. The third-order valence-electron chi connectivity index (χ3n) is 3.53. The number of H-pyrrole nitrogens is 1. The van der Waals surface area contributed by atoms with Crippen LogP contribution in [0.4, 0.5) is 0 Å². The summed E-state index contributed by atoms with van der Waals surface area (Å²) in [5.74, 6) is 0. The molecule has 0 amide bonds. The highest BCUT2D eigenvalue weighted by molar-refractivity contribution is 5.77. The number of para-hydroxylation sites is 2. The van der Waals surface area contributed by atoms with Crippen LogP contribution in [-0.2, 0) is 0 Å². The van der Waals surface area contributed by atoms with Crippen LogP contribution in [0.2, 0.25) is 0 Å². The summed E-state index contributed by atoms with van der Waals surface area (Å²) >= 11 is 0. The number of fused-ring (bicyclic) bond motifs is 2. The van der Waals surface area contributed by atoms with Crippen molar-refractivity contribution in [3.63, 3.8) is 0 Å². The lowest BCUT2D eigenvalue weighted by Gasteiger charge is -2.03. The Hall–Kier alpha value is -2.95. The smallest absolute Gasteiger partial charge is 0.276 e. The number of rotatable bonds is 1. The molecule has 1 aromatic carbocycles. The summed E-state index contributed by atoms with van der Waals surface area (Å²) in [4.78, 5) is 24.3. The van der Waals surface area contributed by atoms with Crippen molar-refractivity contribution in [2.75, 3.05) is 0 Å². The Balaban J connectivity index is 2.11. The summed E-state index contributed by atoms with van der Waals surface area (Å²) < 4.78 is 1.89. The highest BCUT2D eigenvalue weighted by Gasteiger charge is 2.15. The van der Waals surface area contributed by atoms with E-state index in [0.717, 1.165) is 28.1 Å². The van der Waals surface area contributed by atoms with Gasteiger partial charge in [0.15, 0.2) is 5.69 Å². The SMILES string of the molecule is Cc1nc2ccccn2c1-c1nc2ccccc2[nH]c1=O. The summed E-state index contributed by atoms with van der Waals surface area (Å²) in [7, 11) is 0. The van der Waals surface area contributed by atoms with Gasteiger partial charge in [0.25, 0.3) is 5.56 Å². The van der Waals surface area contributed by atoms with E-state index in [0.29, 0.717) is 5.69 Å². The Kier molecular flexibility index (Phi) is 2.41. The van der Waals surface area contributed by atoms with Crippen molar-refractivity contribution in [3.05, 3.63) is 64.7 Å². The van der Waals surface area contributed by atoms with Crippen LogP contribution in [0, 0.1) is 6.92 Å². The molecule has 0 unspecified atom stereocenters. The summed E-state index contributed by atoms with van der Waals surface area (Å²) in [5, 5.41) is 0. The lowest BCUT2D eigenvalue weighted by molar-refractivity contribution is 1.13. The van der Waals surface area contributed by atoms with Crippen molar-refractivity contribution in [2.24, 2.45) is 0 Å². The van der Waals surface area contributed by atoms with Gasteiger partial charge in [-0.3, -0.25) is 9.20 Å². The number of pyridine rings is 1. The number of hydrogen-bond donors (Lipinski definition) is 1. The van der Waals surface area contributed by atoms with Crippen molar-refractivity contribution < 1.29 is 0 Å². The minimum Gasteiger partial charge on any atom is -0.319 e. The molecule has 21 heavy (non-hydrogen) atoms. The van der Waals surface area contributed by atoms with E-state index in [4.69, 9.17) is 0 Å². The highest BCUT2D eigenvalue weighted by atomic mass is 16.1. The van der Waals surface area contributed by atoms with Gasteiger partial charge in [0.05, 0.1) is 22.4 Å². The largest absolute Gasteiger partial charge is 0.319 e. The second kappa shape index (κ2) is 4.28. The molecule has 3 heterocycles. The average molecular weight is 276 g/mol. The first kappa shape index (κ1) is 11.8. The Morgan fingerprint density at radius 1 is 1.05 bits per heavy atom. The van der Waals surface area contributed by atoms with E-state index in [2.05, 4.69) is 15.0 Å². The molecule has 0 bridgehead atoms. The molecule has 0 aliphatic rings. The zero-order valence-electron chi connectivity index (χ0n) is 11.4. The first-order valence-corrected chi connectivity index (χ1v) is 6.67. The van der Waals surface area contributed by atoms with Gasteiger partial charge in [-0.25, -0.2) is 9.97 Å². The van der Waals surface area contributed by atoms with Gasteiger partial charge in [-0.05, 0) is 31.2 Å². The van der Waals surface area contributed by atoms with Crippen LogP contribution in [0.25, 0.3) is 28.1 Å². The number of imidazole rings is 1. The maximum absolute atomic E-state index is 12.4. The Morgan fingerprint density at radius 2 is 1.86 bits per heavy atom. The quantitative estimate of drug-likeness (QED) is 0.581. The lowest BCUT2D eigenvalue weighted by Crippen LogP contribution is -2.13. The van der Waals surface area contributed by atoms with E-state index in [-0.39, 0.29) is 5.56 Å². The molecule has 3 aromatic heterocycles. The predicted molar refractivity (Wildman–Crippen MR) is 81.3 cm³/mol. The number of nitrogens with zero attached hydrogens (tertiary/aromatic N) is 3. The van der Waals surface area contributed by atoms with Crippen LogP contribution in [-0.4, -0.2) is 19.4 Å². The molecule has 0 fully saturated rings. The highest BCUT2D eigenvalue weighted by Crippen LogP contribution is 2.21. The van der Waals surface area contributed by atoms with Gasteiger partial charge in [-0.15, -0.1) is 0 Å². The van der Waals surface area contributed by atoms with E-state index < -0.39 is 0 Å². The molecule has 5 nitrogen and oxygen atoms in total. The van der Waals surface area contributed by atoms with Crippen molar-refractivity contribution in [1.82, 2.24) is 19.4 Å². The Bertz CT molecular complexity index is 1030. The zero-order chi connectivity index (χ0) is 14.4. The van der Waals surface area contributed by atoms with Gasteiger partial charge in [0.2, 0.25) is 0 Å². The number of benzene rings is 1. The Morgan fingerprint density at radius 3 is 2.76 bits per heavy atom. The maximum Gasteiger partial charge on any atom is 0.276 e. The molecular formula is C16H12N4O. The summed E-state index contributed by atoms with van der Waals surface area (Å²) in [6.45, 7) is 1.89. The van der Waals surface area contributed by atoms with Crippen molar-refractivity contribution in [3.8, 4) is 11.4 Å². The minimum absolute atomic E-state index is 0.206. The van der Waals surface area contributed by atoms with E-state index in [1.807, 2.05) is 60.0 Å². The van der Waals surface area contributed by atoms with Gasteiger partial charge in [0, 0.05) is 6.20 Å². The van der Waals surface area contributed by atoms with Crippen LogP contribution >= 0.6 is 0 Å². The fraction of sp³-hybridized carbons (Fsp3) is 0.0625. The fourth-order valence-electron chi connectivity index (χ4n) is 2.59. The number of aryl methyl sites for hydroxylation is 1. The number of aromatic nitrogens is 4. The lowest BCUT2D eigenvalue weighted by atomic mass is 10.2. The summed E-state index contributed by atoms with van der Waals surface area (Å²) in [5.41, 5.74) is 4.01. The third-order valence-corrected chi connectivity index (χ3v) is 3.53. The van der Waals surface area contributed by atoms with Gasteiger partial charge in [-0.1, -0.05) is 18.2 Å². The number of nitrogens with one attached hydrogen (secondary N) is 1. The molecule has 0 spiro atoms. The molecule has 0 radical (unpaired) electrons. The van der Waals surface area contributed by atoms with Crippen LogP contribution in [0.3, 0.4) is 0 Å². The molecule has 102 valence electrons. The first-order chi connectivity index (χ1) is 10.2. The van der Waals surface area contributed by atoms with Crippen LogP contribution in [0.1, 0.15) is 5.69 Å². The predicted octanol–water partition coefficient (Wildman–Crippen LogP) is 2.55. The zero-order valence-corrected chi connectivity index (χ0v) is 11.4. The minimum atomic E-state index is -0.206. The summed E-state index contributed by atoms with van der Waals surface area (Å²) in [6, 6.07) is 13.2. The molecule has 0 saturated heterocycles. The normalized spacial score (nSPS) is 11.3. The molecule has 1 N–H and O–H groups in total. The van der Waals surface area contributed by atoms with E-state index in [1.165, 1.54) is 0 Å². The van der Waals surface area contributed by atoms with Crippen molar-refractivity contribution >= 4 is 16.7 Å². The topological polar surface area (TPSA) is 63.1 Å². The van der Waals surface area contributed by atoms with Gasteiger partial charge < -0.3 is 4.98 Å². The average Bonchev–Trinajstić information content (AvgIpc) is 2.82. The van der Waals surface area contributed by atoms with Crippen LogP contribution in [0.5, 0.6) is 0 Å². The van der Waals surface area contributed by atoms with Crippen LogP contribution < -0.4 is 5.56 Å². The first-order valence-electron chi connectivity index (χ1n) is 6.67. The molecule has 0 aliphatic carbocycles. The Labute approximate surface area is 119 Å². The molecule has 4 rings (SSSR count). The standard InChI is InChI=1S/C16H12N4O/c1-10-15(20-9-5-4-8-13(20)17-10)14-16(21)19-12-7-3-2-6-11(12)18-14/h2-9H,1H3,(H,19,21). The van der Waals surface area contributed by atoms with Gasteiger partial charge in [-0.2, -0.15) is 0 Å². The van der Waals surface area contributed by atoms with Crippen LogP contribution in [0.15, 0.2) is 53.5 Å². The van der Waals surface area contributed by atoms with E-state index in [9.17, 15) is 4.79 Å². The second-order valence-corrected chi connectivity index (χ2v) is 4.91. The van der Waals surface area contributed by atoms with Crippen molar-refractivity contribution in [1.29, 1.82) is 0 Å². The second-order valence-electron chi connectivity index (χ2n) is 4.91. The molecule has 0 aliphatic heterocycles. The van der Waals surface area contributed by atoms with E-state index >= 15 is 0 Å². The third kappa shape index (κ3) is 1.74. The van der Waals surface area contributed by atoms with Crippen molar-refractivity contribution in [2.45, 2.75) is 6.92 Å². The van der Waals surface area contributed by atoms with Gasteiger partial charge in [0.1, 0.15) is 5.65 Å². The molecule has 0 atom stereocenters.